The van der Waals surface area contributed by atoms with Gasteiger partial charge in [0.15, 0.2) is 23.0 Å². The molecular weight excluding hydrogens is 334 g/mol. The summed E-state index contributed by atoms with van der Waals surface area (Å²) in [6.45, 7) is 1.91. The number of nitrogens with one attached hydrogen (secondary N) is 1. The lowest BCUT2D eigenvalue weighted by molar-refractivity contribution is 0.102. The van der Waals surface area contributed by atoms with Crippen molar-refractivity contribution in [3.63, 3.8) is 0 Å². The maximum atomic E-state index is 12.5. The first-order chi connectivity index (χ1) is 11.7. The van der Waals surface area contributed by atoms with Gasteiger partial charge < -0.3 is 24.3 Å². The molecule has 1 amide bonds. The summed E-state index contributed by atoms with van der Waals surface area (Å²) in [6, 6.07) is 8.41. The Labute approximate surface area is 143 Å². The van der Waals surface area contributed by atoms with Gasteiger partial charge in [0.2, 0.25) is 0 Å². The molecule has 0 aliphatic carbocycles. The van der Waals surface area contributed by atoms with Crippen LogP contribution in [0.1, 0.15) is 10.4 Å². The van der Waals surface area contributed by atoms with Gasteiger partial charge in [0.1, 0.15) is 26.4 Å². The number of carbonyl (C=O) groups excluding carboxylic acids is 1. The van der Waals surface area contributed by atoms with Crippen molar-refractivity contribution in [1.29, 1.82) is 0 Å². The third-order valence-electron chi connectivity index (χ3n) is 3.68. The molecule has 0 unspecified atom stereocenters. The maximum Gasteiger partial charge on any atom is 0.257 e. The van der Waals surface area contributed by atoms with E-state index in [-0.39, 0.29) is 5.91 Å². The second-order valence-corrected chi connectivity index (χ2v) is 5.70. The summed E-state index contributed by atoms with van der Waals surface area (Å²) < 4.78 is 21.9. The number of amides is 1. The van der Waals surface area contributed by atoms with Gasteiger partial charge in [0, 0.05) is 17.8 Å². The molecule has 6 nitrogen and oxygen atoms in total. The molecule has 0 atom stereocenters. The van der Waals surface area contributed by atoms with Gasteiger partial charge in [-0.2, -0.15) is 0 Å². The standard InChI is InChI=1S/C17H14ClNO5/c18-12-9-16-15(23-5-6-24-16)8-11(12)17(20)19-10-1-2-13-14(7-10)22-4-3-21-13/h1-2,7-9H,3-6H2,(H,19,20). The summed E-state index contributed by atoms with van der Waals surface area (Å²) in [5.74, 6) is 1.98. The summed E-state index contributed by atoms with van der Waals surface area (Å²) in [5, 5.41) is 3.10. The topological polar surface area (TPSA) is 66.0 Å². The van der Waals surface area contributed by atoms with E-state index < -0.39 is 0 Å². The fraction of sp³-hybridized carbons (Fsp3) is 0.235. The molecule has 2 aromatic rings. The fourth-order valence-corrected chi connectivity index (χ4v) is 2.80. The Balaban J connectivity index is 1.58. The van der Waals surface area contributed by atoms with E-state index in [1.807, 2.05) is 0 Å². The van der Waals surface area contributed by atoms with Crippen molar-refractivity contribution in [1.82, 2.24) is 0 Å². The number of ether oxygens (including phenoxy) is 4. The highest BCUT2D eigenvalue weighted by molar-refractivity contribution is 6.34. The molecule has 24 heavy (non-hydrogen) atoms. The molecule has 0 bridgehead atoms. The van der Waals surface area contributed by atoms with Crippen molar-refractivity contribution >= 4 is 23.2 Å². The zero-order valence-corrected chi connectivity index (χ0v) is 13.4. The van der Waals surface area contributed by atoms with E-state index in [1.54, 1.807) is 30.3 Å². The van der Waals surface area contributed by atoms with E-state index in [0.29, 0.717) is 65.7 Å². The second-order valence-electron chi connectivity index (χ2n) is 5.29. The van der Waals surface area contributed by atoms with Crippen molar-refractivity contribution in [2.75, 3.05) is 31.7 Å². The van der Waals surface area contributed by atoms with E-state index >= 15 is 0 Å². The molecule has 0 saturated carbocycles. The molecule has 0 spiro atoms. The number of anilines is 1. The summed E-state index contributed by atoms with van der Waals surface area (Å²) in [4.78, 5) is 12.5. The third-order valence-corrected chi connectivity index (χ3v) is 3.99. The lowest BCUT2D eigenvalue weighted by Crippen LogP contribution is -2.18. The van der Waals surface area contributed by atoms with E-state index in [1.165, 1.54) is 0 Å². The first kappa shape index (κ1) is 15.0. The van der Waals surface area contributed by atoms with Crippen molar-refractivity contribution in [3.05, 3.63) is 40.9 Å². The normalized spacial score (nSPS) is 14.9. The van der Waals surface area contributed by atoms with E-state index in [9.17, 15) is 4.79 Å². The molecule has 0 saturated heterocycles. The number of rotatable bonds is 2. The number of benzene rings is 2. The van der Waals surface area contributed by atoms with Gasteiger partial charge in [-0.25, -0.2) is 0 Å². The molecule has 0 fully saturated rings. The van der Waals surface area contributed by atoms with Gasteiger partial charge in [-0.1, -0.05) is 11.6 Å². The minimum atomic E-state index is -0.339. The number of hydrogen-bond donors (Lipinski definition) is 1. The van der Waals surface area contributed by atoms with Crippen molar-refractivity contribution in [2.24, 2.45) is 0 Å². The quantitative estimate of drug-likeness (QED) is 0.904. The summed E-state index contributed by atoms with van der Waals surface area (Å²) in [6.07, 6.45) is 0. The maximum absolute atomic E-state index is 12.5. The molecule has 0 radical (unpaired) electrons. The van der Waals surface area contributed by atoms with Crippen LogP contribution in [0.5, 0.6) is 23.0 Å². The SMILES string of the molecule is O=C(Nc1ccc2c(c1)OCCO2)c1cc2c(cc1Cl)OCCO2. The summed E-state index contributed by atoms with van der Waals surface area (Å²) in [7, 11) is 0. The molecule has 0 aromatic heterocycles. The van der Waals surface area contributed by atoms with Crippen LogP contribution in [0, 0.1) is 0 Å². The molecule has 1 N–H and O–H groups in total. The van der Waals surface area contributed by atoms with Crippen LogP contribution in [-0.2, 0) is 0 Å². The monoisotopic (exact) mass is 347 g/mol. The van der Waals surface area contributed by atoms with Gasteiger partial charge in [-0.3, -0.25) is 4.79 Å². The number of fused-ring (bicyclic) bond motifs is 2. The van der Waals surface area contributed by atoms with Crippen LogP contribution in [0.4, 0.5) is 5.69 Å². The summed E-state index contributed by atoms with van der Waals surface area (Å²) >= 11 is 6.20. The minimum absolute atomic E-state index is 0.300. The average molecular weight is 348 g/mol. The Morgan fingerprint density at radius 3 is 2.12 bits per heavy atom. The lowest BCUT2D eigenvalue weighted by atomic mass is 10.1. The molecule has 124 valence electrons. The number of hydrogen-bond acceptors (Lipinski definition) is 5. The Morgan fingerprint density at radius 2 is 1.42 bits per heavy atom. The van der Waals surface area contributed by atoms with Crippen molar-refractivity contribution in [3.8, 4) is 23.0 Å². The average Bonchev–Trinajstić information content (AvgIpc) is 2.61. The summed E-state index contributed by atoms with van der Waals surface area (Å²) in [5.41, 5.74) is 0.908. The highest BCUT2D eigenvalue weighted by atomic mass is 35.5. The van der Waals surface area contributed by atoms with Gasteiger partial charge in [-0.05, 0) is 18.2 Å². The Bertz CT molecular complexity index is 808. The lowest BCUT2D eigenvalue weighted by Gasteiger charge is -2.20. The molecular formula is C17H14ClNO5. The smallest absolute Gasteiger partial charge is 0.257 e. The van der Waals surface area contributed by atoms with Crippen LogP contribution in [0.25, 0.3) is 0 Å². The molecule has 7 heteroatoms. The zero-order chi connectivity index (χ0) is 16.5. The number of carbonyl (C=O) groups is 1. The predicted octanol–water partition coefficient (Wildman–Crippen LogP) is 3.13. The number of halogens is 1. The van der Waals surface area contributed by atoms with Crippen LogP contribution in [-0.4, -0.2) is 32.3 Å². The Kier molecular flexibility index (Phi) is 3.82. The molecule has 4 rings (SSSR count). The molecule has 2 aliphatic heterocycles. The van der Waals surface area contributed by atoms with Crippen LogP contribution in [0.15, 0.2) is 30.3 Å². The van der Waals surface area contributed by atoms with Crippen LogP contribution in [0.3, 0.4) is 0 Å². The van der Waals surface area contributed by atoms with Crippen LogP contribution in [0.2, 0.25) is 5.02 Å². The molecule has 2 aliphatic rings. The zero-order valence-electron chi connectivity index (χ0n) is 12.6. The minimum Gasteiger partial charge on any atom is -0.486 e. The van der Waals surface area contributed by atoms with Crippen LogP contribution >= 0.6 is 11.6 Å². The fourth-order valence-electron chi connectivity index (χ4n) is 2.56. The van der Waals surface area contributed by atoms with Crippen LogP contribution < -0.4 is 24.3 Å². The Morgan fingerprint density at radius 1 is 0.833 bits per heavy atom. The van der Waals surface area contributed by atoms with Crippen molar-refractivity contribution in [2.45, 2.75) is 0 Å². The first-order valence-corrected chi connectivity index (χ1v) is 7.89. The van der Waals surface area contributed by atoms with Gasteiger partial charge >= 0.3 is 0 Å². The van der Waals surface area contributed by atoms with Crippen molar-refractivity contribution < 1.29 is 23.7 Å². The highest BCUT2D eigenvalue weighted by Gasteiger charge is 2.20. The van der Waals surface area contributed by atoms with Gasteiger partial charge in [0.25, 0.3) is 5.91 Å². The highest BCUT2D eigenvalue weighted by Crippen LogP contribution is 2.36. The third kappa shape index (κ3) is 2.80. The van der Waals surface area contributed by atoms with E-state index in [2.05, 4.69) is 5.32 Å². The molecule has 2 aromatic carbocycles. The van der Waals surface area contributed by atoms with Gasteiger partial charge in [0.05, 0.1) is 10.6 Å². The van der Waals surface area contributed by atoms with E-state index in [0.717, 1.165) is 0 Å². The predicted molar refractivity (Wildman–Crippen MR) is 87.8 cm³/mol. The molecule has 2 heterocycles. The second kappa shape index (κ2) is 6.13. The van der Waals surface area contributed by atoms with Gasteiger partial charge in [-0.15, -0.1) is 0 Å². The largest absolute Gasteiger partial charge is 0.486 e. The Hall–Kier alpha value is -2.60. The van der Waals surface area contributed by atoms with E-state index in [4.69, 9.17) is 30.5 Å². The first-order valence-electron chi connectivity index (χ1n) is 7.51.